The number of allylic oxidation sites excluding steroid dienone is 2. The number of anilines is 1. The number of carbonyl (C=O) groups excluding carboxylic acids is 1. The van der Waals surface area contributed by atoms with E-state index in [4.69, 9.17) is 4.74 Å². The monoisotopic (exact) mass is 411 g/mol. The fraction of sp³-hybridized carbons (Fsp3) is 0.238. The number of sulfonamides is 1. The molecule has 4 rings (SSSR count). The lowest BCUT2D eigenvalue weighted by molar-refractivity contribution is 0.0953. The van der Waals surface area contributed by atoms with Gasteiger partial charge in [0.25, 0.3) is 15.9 Å². The summed E-state index contributed by atoms with van der Waals surface area (Å²) in [5.41, 5.74) is 4.13. The third-order valence-electron chi connectivity index (χ3n) is 5.20. The summed E-state index contributed by atoms with van der Waals surface area (Å²) in [5.74, 6) is 1.13. The van der Waals surface area contributed by atoms with Crippen LogP contribution in [0.4, 0.5) is 5.69 Å². The quantitative estimate of drug-likeness (QED) is 0.564. The molecular weight excluding hydrogens is 390 g/mol. The lowest BCUT2D eigenvalue weighted by Crippen LogP contribution is -2.35. The number of nitrogens with one attached hydrogen (secondary N) is 2. The molecule has 1 fully saturated rings. The zero-order valence-corrected chi connectivity index (χ0v) is 16.6. The average Bonchev–Trinajstić information content (AvgIpc) is 3.09. The normalized spacial score (nSPS) is 21.3. The van der Waals surface area contributed by atoms with Crippen molar-refractivity contribution in [3.8, 4) is 5.75 Å². The Morgan fingerprint density at radius 2 is 1.97 bits per heavy atom. The van der Waals surface area contributed by atoms with Crippen molar-refractivity contribution in [2.75, 3.05) is 11.8 Å². The first-order valence-corrected chi connectivity index (χ1v) is 10.7. The molecule has 2 aromatic carbocycles. The van der Waals surface area contributed by atoms with E-state index in [9.17, 15) is 13.2 Å². The van der Waals surface area contributed by atoms with E-state index in [1.807, 2.05) is 0 Å². The lowest BCUT2D eigenvalue weighted by atomic mass is 9.74. The molecule has 0 aromatic heterocycles. The number of nitrogens with zero attached hydrogens (tertiary/aromatic N) is 1. The summed E-state index contributed by atoms with van der Waals surface area (Å²) >= 11 is 0. The van der Waals surface area contributed by atoms with E-state index in [2.05, 4.69) is 27.4 Å². The number of amides is 1. The van der Waals surface area contributed by atoms with Gasteiger partial charge in [0.15, 0.2) is 0 Å². The Morgan fingerprint density at radius 3 is 2.69 bits per heavy atom. The Labute approximate surface area is 169 Å². The van der Waals surface area contributed by atoms with E-state index in [0.717, 1.165) is 18.6 Å². The first kappa shape index (κ1) is 19.2. The summed E-state index contributed by atoms with van der Waals surface area (Å²) < 4.78 is 32.9. The second-order valence-electron chi connectivity index (χ2n) is 7.06. The lowest BCUT2D eigenvalue weighted by Gasteiger charge is -2.31. The van der Waals surface area contributed by atoms with Gasteiger partial charge in [-0.05, 0) is 61.2 Å². The molecule has 29 heavy (non-hydrogen) atoms. The van der Waals surface area contributed by atoms with E-state index >= 15 is 0 Å². The van der Waals surface area contributed by atoms with Gasteiger partial charge < -0.3 is 4.74 Å². The number of hydrazone groups is 1. The van der Waals surface area contributed by atoms with Crippen molar-refractivity contribution in [1.29, 1.82) is 0 Å². The van der Waals surface area contributed by atoms with Crippen LogP contribution in [0.2, 0.25) is 0 Å². The Hall–Kier alpha value is -3.13. The molecule has 2 aromatic rings. The number of hydrogen-bond donors (Lipinski definition) is 2. The molecule has 0 aliphatic heterocycles. The van der Waals surface area contributed by atoms with Crippen LogP contribution in [0.15, 0.2) is 70.7 Å². The molecule has 2 aliphatic rings. The molecule has 2 N–H and O–H groups in total. The molecule has 0 heterocycles. The van der Waals surface area contributed by atoms with Crippen LogP contribution in [0, 0.1) is 11.8 Å². The second kappa shape index (κ2) is 7.71. The molecule has 1 amide bonds. The third kappa shape index (κ3) is 4.02. The van der Waals surface area contributed by atoms with Gasteiger partial charge in [-0.2, -0.15) is 5.10 Å². The van der Waals surface area contributed by atoms with Gasteiger partial charge in [-0.15, -0.1) is 0 Å². The van der Waals surface area contributed by atoms with Gasteiger partial charge in [0, 0.05) is 22.9 Å². The number of benzene rings is 2. The standard InChI is InChI=1S/C21H21N3O4S/c1-28-17-10-8-16(9-11-17)24-29(26,27)18-6-2-5-15(12-18)21(25)23-22-20-13-14-4-3-7-19(14)20/h2-3,5-12,14,19,24H,4,13H2,1H3,(H,23,25)/b22-20-/t14-,19-/m0/s1. The van der Waals surface area contributed by atoms with Crippen molar-refractivity contribution in [3.63, 3.8) is 0 Å². The van der Waals surface area contributed by atoms with Gasteiger partial charge in [-0.3, -0.25) is 9.52 Å². The Kier molecular flexibility index (Phi) is 5.10. The summed E-state index contributed by atoms with van der Waals surface area (Å²) in [6, 6.07) is 12.4. The Balaban J connectivity index is 1.46. The minimum Gasteiger partial charge on any atom is -0.497 e. The van der Waals surface area contributed by atoms with Crippen LogP contribution in [0.5, 0.6) is 5.75 Å². The molecule has 2 aliphatic carbocycles. The van der Waals surface area contributed by atoms with Crippen LogP contribution in [-0.4, -0.2) is 27.1 Å². The average molecular weight is 411 g/mol. The molecule has 2 atom stereocenters. The summed E-state index contributed by atoms with van der Waals surface area (Å²) in [7, 11) is -2.31. The van der Waals surface area contributed by atoms with Gasteiger partial charge in [-0.25, -0.2) is 13.8 Å². The van der Waals surface area contributed by atoms with Gasteiger partial charge in [0.2, 0.25) is 0 Å². The predicted molar refractivity (Wildman–Crippen MR) is 110 cm³/mol. The maximum absolute atomic E-state index is 12.7. The smallest absolute Gasteiger partial charge is 0.271 e. The molecule has 0 bridgehead atoms. The molecule has 0 saturated heterocycles. The van der Waals surface area contributed by atoms with Crippen LogP contribution in [-0.2, 0) is 10.0 Å². The number of carbonyl (C=O) groups is 1. The fourth-order valence-corrected chi connectivity index (χ4v) is 4.63. The zero-order chi connectivity index (χ0) is 20.4. The van der Waals surface area contributed by atoms with Crippen LogP contribution >= 0.6 is 0 Å². The van der Waals surface area contributed by atoms with Gasteiger partial charge in [0.1, 0.15) is 5.75 Å². The van der Waals surface area contributed by atoms with Gasteiger partial charge >= 0.3 is 0 Å². The third-order valence-corrected chi connectivity index (χ3v) is 6.58. The number of hydrogen-bond acceptors (Lipinski definition) is 5. The minimum atomic E-state index is -3.84. The van der Waals surface area contributed by atoms with E-state index in [0.29, 0.717) is 23.3 Å². The molecule has 1 saturated carbocycles. The molecule has 0 unspecified atom stereocenters. The van der Waals surface area contributed by atoms with Crippen molar-refractivity contribution >= 4 is 27.3 Å². The highest BCUT2D eigenvalue weighted by atomic mass is 32.2. The molecule has 0 spiro atoms. The molecule has 8 heteroatoms. The molecule has 7 nitrogen and oxygen atoms in total. The van der Waals surface area contributed by atoms with Gasteiger partial charge in [-0.1, -0.05) is 18.2 Å². The largest absolute Gasteiger partial charge is 0.497 e. The fourth-order valence-electron chi connectivity index (χ4n) is 3.53. The maximum atomic E-state index is 12.7. The zero-order valence-electron chi connectivity index (χ0n) is 15.8. The highest BCUT2D eigenvalue weighted by molar-refractivity contribution is 7.92. The highest BCUT2D eigenvalue weighted by Crippen LogP contribution is 2.40. The van der Waals surface area contributed by atoms with E-state index in [-0.39, 0.29) is 10.5 Å². The second-order valence-corrected chi connectivity index (χ2v) is 8.74. The first-order chi connectivity index (χ1) is 14.0. The van der Waals surface area contributed by atoms with E-state index < -0.39 is 15.9 Å². The highest BCUT2D eigenvalue weighted by Gasteiger charge is 2.37. The van der Waals surface area contributed by atoms with Crippen molar-refractivity contribution in [2.45, 2.75) is 17.7 Å². The first-order valence-electron chi connectivity index (χ1n) is 9.26. The number of rotatable bonds is 6. The summed E-state index contributed by atoms with van der Waals surface area (Å²) in [4.78, 5) is 12.4. The van der Waals surface area contributed by atoms with E-state index in [1.54, 1.807) is 30.3 Å². The van der Waals surface area contributed by atoms with Crippen LogP contribution in [0.3, 0.4) is 0 Å². The number of fused-ring (bicyclic) bond motifs is 1. The van der Waals surface area contributed by atoms with Crippen LogP contribution in [0.25, 0.3) is 0 Å². The predicted octanol–water partition coefficient (Wildman–Crippen LogP) is 3.18. The maximum Gasteiger partial charge on any atom is 0.271 e. The minimum absolute atomic E-state index is 0.00365. The van der Waals surface area contributed by atoms with Crippen LogP contribution < -0.4 is 14.9 Å². The number of ether oxygens (including phenoxy) is 1. The van der Waals surface area contributed by atoms with Crippen molar-refractivity contribution < 1.29 is 17.9 Å². The van der Waals surface area contributed by atoms with Crippen molar-refractivity contribution in [3.05, 3.63) is 66.2 Å². The summed E-state index contributed by atoms with van der Waals surface area (Å²) in [5, 5.41) is 4.21. The SMILES string of the molecule is COc1ccc(NS(=O)(=O)c2cccc(C(=O)N/N=C3/C[C@@H]4CC=C[C@H]34)c2)cc1. The number of methoxy groups -OCH3 is 1. The van der Waals surface area contributed by atoms with Gasteiger partial charge in [0.05, 0.1) is 12.0 Å². The molecule has 150 valence electrons. The van der Waals surface area contributed by atoms with Crippen LogP contribution in [0.1, 0.15) is 23.2 Å². The Morgan fingerprint density at radius 1 is 1.17 bits per heavy atom. The summed E-state index contributed by atoms with van der Waals surface area (Å²) in [6.07, 6.45) is 6.22. The Bertz CT molecular complexity index is 1090. The summed E-state index contributed by atoms with van der Waals surface area (Å²) in [6.45, 7) is 0. The molecular formula is C21H21N3O4S. The van der Waals surface area contributed by atoms with E-state index in [1.165, 1.54) is 25.3 Å². The molecule has 0 radical (unpaired) electrons. The van der Waals surface area contributed by atoms with Crippen molar-refractivity contribution in [2.24, 2.45) is 16.9 Å². The van der Waals surface area contributed by atoms with Crippen molar-refractivity contribution in [1.82, 2.24) is 5.43 Å². The topological polar surface area (TPSA) is 96.9 Å².